The predicted octanol–water partition coefficient (Wildman–Crippen LogP) is -0.205. The number of carbonyl (C=O) groups excluding carboxylic acids is 2. The lowest BCUT2D eigenvalue weighted by Gasteiger charge is -2.32. The first kappa shape index (κ1) is 29.2. The maximum Gasteiger partial charge on any atom is 0.329 e. The molecule has 3 aromatic heterocycles. The topological polar surface area (TPSA) is 209 Å². The highest BCUT2D eigenvalue weighted by molar-refractivity contribution is 8.07. The quantitative estimate of drug-likeness (QED) is 0.124. The largest absolute Gasteiger partial charge is 0.543 e. The zero-order valence-electron chi connectivity index (χ0n) is 20.9. The van der Waals surface area contributed by atoms with Gasteiger partial charge < -0.3 is 36.2 Å². The molecule has 2 unspecified atom stereocenters. The molecule has 210 valence electrons. The van der Waals surface area contributed by atoms with Gasteiger partial charge in [0.25, 0.3) is 5.91 Å². The highest BCUT2D eigenvalue weighted by atomic mass is 32.2. The van der Waals surface area contributed by atoms with Gasteiger partial charge in [0.05, 0.1) is 17.4 Å². The van der Waals surface area contributed by atoms with Crippen LogP contribution in [0.3, 0.4) is 0 Å². The Morgan fingerprint density at radius 2 is 2.12 bits per heavy atom. The first-order chi connectivity index (χ1) is 19.2. The number of hydrogen-bond acceptors (Lipinski definition) is 15. The van der Waals surface area contributed by atoms with Crippen LogP contribution < -0.4 is 26.0 Å². The van der Waals surface area contributed by atoms with Gasteiger partial charge in [-0.25, -0.2) is 14.3 Å². The monoisotopic (exact) mass is 622 g/mol. The van der Waals surface area contributed by atoms with Crippen LogP contribution in [0.1, 0.15) is 12.7 Å². The zero-order valence-corrected chi connectivity index (χ0v) is 24.2. The Labute approximate surface area is 243 Å². The van der Waals surface area contributed by atoms with E-state index in [1.165, 1.54) is 11.3 Å². The maximum atomic E-state index is 13.0. The third-order valence-electron chi connectivity index (χ3n) is 5.14. The van der Waals surface area contributed by atoms with Crippen molar-refractivity contribution in [3.63, 3.8) is 0 Å². The molecule has 1 aliphatic rings. The lowest BCUT2D eigenvalue weighted by molar-refractivity contribution is -0.671. The van der Waals surface area contributed by atoms with E-state index >= 15 is 0 Å². The minimum Gasteiger partial charge on any atom is -0.543 e. The molecule has 0 saturated carbocycles. The lowest BCUT2D eigenvalue weighted by atomic mass is 10.2. The Morgan fingerprint density at radius 1 is 1.38 bits per heavy atom. The number of thioether (sulfide) groups is 2. The summed E-state index contributed by atoms with van der Waals surface area (Å²) in [4.78, 5) is 51.0. The van der Waals surface area contributed by atoms with Gasteiger partial charge >= 0.3 is 5.97 Å². The van der Waals surface area contributed by atoms with Crippen molar-refractivity contribution in [3.05, 3.63) is 46.3 Å². The molecular weight excluding hydrogens is 601 g/mol. The molecule has 0 radical (unpaired) electrons. The second-order valence-electron chi connectivity index (χ2n) is 7.92. The van der Waals surface area contributed by atoms with E-state index in [4.69, 9.17) is 10.6 Å². The number of oxime groups is 1. The van der Waals surface area contributed by atoms with Gasteiger partial charge in [-0.05, 0) is 6.92 Å². The summed E-state index contributed by atoms with van der Waals surface area (Å²) in [7, 11) is 1.91. The summed E-state index contributed by atoms with van der Waals surface area (Å²) in [6.07, 6.45) is 3.79. The van der Waals surface area contributed by atoms with Crippen molar-refractivity contribution in [2.24, 2.45) is 12.2 Å². The lowest BCUT2D eigenvalue weighted by Crippen LogP contribution is -2.56. The highest BCUT2D eigenvalue weighted by Crippen LogP contribution is 2.38. The number of rotatable bonds is 11. The normalized spacial score (nSPS) is 16.2. The van der Waals surface area contributed by atoms with E-state index in [0.29, 0.717) is 9.24 Å². The molecule has 18 heteroatoms. The molecule has 3 aromatic rings. The number of nitrogen functional groups attached to an aromatic ring is 1. The van der Waals surface area contributed by atoms with E-state index in [2.05, 4.69) is 30.1 Å². The summed E-state index contributed by atoms with van der Waals surface area (Å²) in [6, 6.07) is 2.27. The van der Waals surface area contributed by atoms with Gasteiger partial charge in [0.1, 0.15) is 19.0 Å². The zero-order chi connectivity index (χ0) is 28.8. The van der Waals surface area contributed by atoms with Crippen LogP contribution in [0.15, 0.2) is 50.0 Å². The van der Waals surface area contributed by atoms with E-state index in [9.17, 15) is 24.6 Å². The van der Waals surface area contributed by atoms with Crippen molar-refractivity contribution < 1.29 is 34.0 Å². The van der Waals surface area contributed by atoms with Crippen LogP contribution in [0.2, 0.25) is 0 Å². The number of anilines is 1. The molecule has 0 saturated heterocycles. The minimum atomic E-state index is -1.56. The molecule has 4 heterocycles. The summed E-state index contributed by atoms with van der Waals surface area (Å²) < 4.78 is 6.43. The molecule has 2 atom stereocenters. The van der Waals surface area contributed by atoms with Gasteiger partial charge in [-0.1, -0.05) is 16.9 Å². The predicted molar refractivity (Wildman–Crippen MR) is 148 cm³/mol. The maximum absolute atomic E-state index is 13.0. The van der Waals surface area contributed by atoms with Crippen LogP contribution in [0, 0.1) is 0 Å². The van der Waals surface area contributed by atoms with Gasteiger partial charge in [0.15, 0.2) is 27.9 Å². The van der Waals surface area contributed by atoms with E-state index in [1.54, 1.807) is 6.92 Å². The van der Waals surface area contributed by atoms with E-state index in [1.807, 2.05) is 41.5 Å². The molecule has 0 bridgehead atoms. The molecule has 0 aliphatic carbocycles. The number of thiazole rings is 1. The third kappa shape index (κ3) is 7.06. The van der Waals surface area contributed by atoms with Gasteiger partial charge in [-0.3, -0.25) is 4.79 Å². The SMILES string of the molecule is CCO/N=C(\C(=O)NC(C(=O)O)C1NC(C(=O)[O-])=C(Sc2nc(-c3cc[n+](C)cc3)cs2)CS1)c1nsc(N)n1. The van der Waals surface area contributed by atoms with Crippen molar-refractivity contribution in [2.75, 3.05) is 18.1 Å². The average Bonchev–Trinajstić information content (AvgIpc) is 3.57. The summed E-state index contributed by atoms with van der Waals surface area (Å²) in [6.45, 7) is 1.77. The van der Waals surface area contributed by atoms with Crippen molar-refractivity contribution in [3.8, 4) is 11.3 Å². The number of nitrogens with two attached hydrogens (primary N) is 1. The van der Waals surface area contributed by atoms with Crippen LogP contribution in [-0.4, -0.2) is 66.8 Å². The standard InChI is InChI=1S/C22H22N8O6S4/c1-3-36-28-14(16-27-21(23)40-29-16)17(31)25-15(20(34)35)18-26-13(19(32)33)12(9-37-18)39-22-24-11(8-38-22)10-4-6-30(2)7-5-10/h4-8,15,18,26H,3,9H2,1-2H3,(H4-,23,25,27,29,31,32,33,34,35)/b28-14-. The number of nitrogens with zero attached hydrogens (tertiary/aromatic N) is 5. The highest BCUT2D eigenvalue weighted by Gasteiger charge is 2.36. The summed E-state index contributed by atoms with van der Waals surface area (Å²) >= 11 is 4.42. The van der Waals surface area contributed by atoms with Crippen LogP contribution in [0.25, 0.3) is 11.3 Å². The summed E-state index contributed by atoms with van der Waals surface area (Å²) in [5.74, 6) is -3.87. The number of aliphatic carboxylic acids is 2. The second kappa shape index (κ2) is 13.1. The third-order valence-corrected chi connectivity index (χ3v) is 9.10. The number of carboxylic acid groups (broad SMARTS) is 2. The van der Waals surface area contributed by atoms with Crippen molar-refractivity contribution in [2.45, 2.75) is 22.7 Å². The van der Waals surface area contributed by atoms with E-state index < -0.39 is 29.3 Å². The number of amides is 1. The molecule has 1 amide bonds. The first-order valence-corrected chi connectivity index (χ1v) is 14.9. The number of aromatic nitrogens is 4. The number of aryl methyl sites for hydroxylation is 1. The van der Waals surface area contributed by atoms with Crippen LogP contribution >= 0.6 is 46.4 Å². The summed E-state index contributed by atoms with van der Waals surface area (Å²) in [5, 5.41) is 31.5. The molecule has 0 fully saturated rings. The second-order valence-corrected chi connectivity index (χ2v) is 12.0. The van der Waals surface area contributed by atoms with Gasteiger partial charge in [0, 0.05) is 45.3 Å². The fourth-order valence-electron chi connectivity index (χ4n) is 3.27. The number of hydrogen-bond donors (Lipinski definition) is 4. The average molecular weight is 623 g/mol. The number of pyridine rings is 1. The van der Waals surface area contributed by atoms with Gasteiger partial charge in [0.2, 0.25) is 11.5 Å². The molecule has 5 N–H and O–H groups in total. The first-order valence-electron chi connectivity index (χ1n) is 11.4. The Balaban J connectivity index is 1.51. The molecule has 1 aliphatic heterocycles. The van der Waals surface area contributed by atoms with Gasteiger partial charge in [-0.2, -0.15) is 9.36 Å². The van der Waals surface area contributed by atoms with E-state index in [-0.39, 0.29) is 34.7 Å². The molecule has 0 aromatic carbocycles. The molecule has 14 nitrogen and oxygen atoms in total. The van der Waals surface area contributed by atoms with Crippen molar-refractivity contribution in [1.82, 2.24) is 25.0 Å². The number of carbonyl (C=O) groups is 3. The molecular formula is C22H22N8O6S4. The number of carboxylic acids is 2. The fraction of sp³-hybridized carbons (Fsp3) is 0.273. The fourth-order valence-corrected chi connectivity index (χ4v) is 6.99. The summed E-state index contributed by atoms with van der Waals surface area (Å²) in [5.41, 5.74) is 6.59. The van der Waals surface area contributed by atoms with E-state index in [0.717, 1.165) is 46.3 Å². The van der Waals surface area contributed by atoms with Crippen molar-refractivity contribution >= 4 is 75.1 Å². The van der Waals surface area contributed by atoms with Crippen LogP contribution in [-0.2, 0) is 26.3 Å². The van der Waals surface area contributed by atoms with Crippen molar-refractivity contribution in [1.29, 1.82) is 0 Å². The Kier molecular flexibility index (Phi) is 9.56. The Hall–Kier alpha value is -3.74. The number of nitrogens with one attached hydrogen (secondary N) is 2. The molecule has 0 spiro atoms. The Bertz CT molecular complexity index is 1470. The van der Waals surface area contributed by atoms with Crippen LogP contribution in [0.5, 0.6) is 0 Å². The minimum absolute atomic E-state index is 0.0743. The van der Waals surface area contributed by atoms with Gasteiger partial charge in [-0.15, -0.1) is 23.1 Å². The Morgan fingerprint density at radius 3 is 2.75 bits per heavy atom. The molecule has 40 heavy (non-hydrogen) atoms. The molecule has 4 rings (SSSR count). The smallest absolute Gasteiger partial charge is 0.329 e. The van der Waals surface area contributed by atoms with Crippen LogP contribution in [0.4, 0.5) is 5.13 Å².